The van der Waals surface area contributed by atoms with E-state index in [-0.39, 0.29) is 96.0 Å². The highest BCUT2D eigenvalue weighted by Crippen LogP contribution is 2.10. The molecule has 1 fully saturated rings. The number of Topliss-reactive ketones (excluding diaryl/α,β-unsaturated/α-hetero) is 1. The first-order valence-corrected chi connectivity index (χ1v) is 16.9. The smallest absolute Gasteiger partial charge is 0.320 e. The summed E-state index contributed by atoms with van der Waals surface area (Å²) in [5.41, 5.74) is 0. The normalized spacial score (nSPS) is 16.3. The Labute approximate surface area is 294 Å². The van der Waals surface area contributed by atoms with Crippen molar-refractivity contribution >= 4 is 35.9 Å². The number of aliphatic hydroxyl groups is 1. The Hall–Kier alpha value is -3.10. The summed E-state index contributed by atoms with van der Waals surface area (Å²) < 4.78 is 16.2. The Morgan fingerprint density at radius 1 is 0.680 bits per heavy atom. The van der Waals surface area contributed by atoms with E-state index < -0.39 is 23.9 Å². The molecule has 1 heterocycles. The molecule has 0 aliphatic carbocycles. The van der Waals surface area contributed by atoms with Gasteiger partial charge in [-0.05, 0) is 6.42 Å². The molecule has 0 aromatic rings. The molecule has 1 saturated heterocycles. The van der Waals surface area contributed by atoms with E-state index in [1.165, 1.54) is 0 Å². The number of carboxylic acids is 3. The van der Waals surface area contributed by atoms with Gasteiger partial charge in [0.25, 0.3) is 0 Å². The number of nitrogens with one attached hydrogen (secondary N) is 1. The highest BCUT2D eigenvalue weighted by atomic mass is 16.5. The van der Waals surface area contributed by atoms with Gasteiger partial charge in [0.1, 0.15) is 18.1 Å². The largest absolute Gasteiger partial charge is 0.480 e. The summed E-state index contributed by atoms with van der Waals surface area (Å²) in [6.45, 7) is 7.71. The first kappa shape index (κ1) is 46.9. The fourth-order valence-corrected chi connectivity index (χ4v) is 4.94. The van der Waals surface area contributed by atoms with Crippen molar-refractivity contribution in [3.8, 4) is 0 Å². The molecule has 1 amide bonds. The molecule has 1 aliphatic heterocycles. The van der Waals surface area contributed by atoms with Gasteiger partial charge in [-0.15, -0.1) is 0 Å². The number of aldehydes is 1. The molecule has 0 bridgehead atoms. The lowest BCUT2D eigenvalue weighted by Crippen LogP contribution is -2.51. The van der Waals surface area contributed by atoms with Gasteiger partial charge in [-0.25, -0.2) is 0 Å². The minimum atomic E-state index is -1.12. The van der Waals surface area contributed by atoms with Gasteiger partial charge in [-0.2, -0.15) is 0 Å². The molecule has 50 heavy (non-hydrogen) atoms. The van der Waals surface area contributed by atoms with Crippen LogP contribution in [0.25, 0.3) is 0 Å². The molecule has 18 nitrogen and oxygen atoms in total. The number of carboxylic acid groups (broad SMARTS) is 3. The number of rotatable bonds is 24. The third-order valence-electron chi connectivity index (χ3n) is 7.74. The zero-order valence-electron chi connectivity index (χ0n) is 29.8. The van der Waals surface area contributed by atoms with E-state index in [9.17, 15) is 44.1 Å². The van der Waals surface area contributed by atoms with Crippen LogP contribution in [0.5, 0.6) is 0 Å². The molecule has 1 rings (SSSR count). The number of hydrogen-bond donors (Lipinski definition) is 5. The van der Waals surface area contributed by atoms with Gasteiger partial charge >= 0.3 is 17.9 Å². The van der Waals surface area contributed by atoms with Crippen LogP contribution in [0.4, 0.5) is 0 Å². The molecule has 5 N–H and O–H groups in total. The van der Waals surface area contributed by atoms with Crippen LogP contribution in [-0.4, -0.2) is 207 Å². The van der Waals surface area contributed by atoms with Crippen LogP contribution >= 0.6 is 0 Å². The van der Waals surface area contributed by atoms with Crippen molar-refractivity contribution in [1.29, 1.82) is 0 Å². The molecule has 1 aliphatic rings. The lowest BCUT2D eigenvalue weighted by molar-refractivity contribution is -0.144. The van der Waals surface area contributed by atoms with Gasteiger partial charge in [-0.1, -0.05) is 13.8 Å². The summed E-state index contributed by atoms with van der Waals surface area (Å²) >= 11 is 0. The highest BCUT2D eigenvalue weighted by Gasteiger charge is 2.28. The molecule has 290 valence electrons. The fourth-order valence-electron chi connectivity index (χ4n) is 4.94. The fraction of sp³-hybridized carbons (Fsp3) is 0.812. The minimum Gasteiger partial charge on any atom is -0.480 e. The minimum absolute atomic E-state index is 0.00209. The number of carbonyl (C=O) groups excluding carboxylic acids is 3. The first-order chi connectivity index (χ1) is 23.9. The molecule has 0 spiro atoms. The average molecular weight is 722 g/mol. The number of amides is 1. The molecule has 1 atom stereocenters. The summed E-state index contributed by atoms with van der Waals surface area (Å²) in [7, 11) is 1.00. The van der Waals surface area contributed by atoms with Crippen LogP contribution in [-0.2, 0) is 43.0 Å². The number of carbonyl (C=O) groups is 6. The Morgan fingerprint density at radius 2 is 1.14 bits per heavy atom. The van der Waals surface area contributed by atoms with Crippen LogP contribution in [0.3, 0.4) is 0 Å². The quantitative estimate of drug-likeness (QED) is 0.0546. The number of nitrogens with zero attached hydrogens (tertiary/aromatic N) is 4. The first-order valence-electron chi connectivity index (χ1n) is 16.9. The van der Waals surface area contributed by atoms with Crippen molar-refractivity contribution < 1.29 is 63.4 Å². The predicted molar refractivity (Wildman–Crippen MR) is 181 cm³/mol. The number of ketones is 1. The van der Waals surface area contributed by atoms with E-state index in [1.54, 1.807) is 14.7 Å². The molecular weight excluding hydrogens is 662 g/mol. The zero-order valence-corrected chi connectivity index (χ0v) is 29.8. The highest BCUT2D eigenvalue weighted by molar-refractivity contribution is 5.80. The van der Waals surface area contributed by atoms with Gasteiger partial charge in [0.05, 0.1) is 59.3 Å². The van der Waals surface area contributed by atoms with Crippen molar-refractivity contribution in [2.45, 2.75) is 39.2 Å². The maximum atomic E-state index is 12.5. The summed E-state index contributed by atoms with van der Waals surface area (Å²) in [6.07, 6.45) is 1.08. The van der Waals surface area contributed by atoms with Crippen LogP contribution in [0.15, 0.2) is 0 Å². The molecule has 18 heteroatoms. The summed E-state index contributed by atoms with van der Waals surface area (Å²) in [5, 5.41) is 38.5. The Kier molecular flexibility index (Phi) is 27.8. The van der Waals surface area contributed by atoms with E-state index in [1.807, 2.05) is 18.7 Å². The SMILES string of the molecule is CC(C)C(=O)CCOCCOCCOCCNC(=O)CCC(C(=O)O)N1CCN(CC=O)CCN(CC(=O)O)CCN(CC(=O)O)CC1.CO. The summed E-state index contributed by atoms with van der Waals surface area (Å²) in [4.78, 5) is 77.4. The van der Waals surface area contributed by atoms with Gasteiger partial charge in [0.2, 0.25) is 5.91 Å². The maximum Gasteiger partial charge on any atom is 0.320 e. The monoisotopic (exact) mass is 721 g/mol. The molecular formula is C32H59N5O13. The van der Waals surface area contributed by atoms with Crippen molar-refractivity contribution in [1.82, 2.24) is 24.9 Å². The average Bonchev–Trinajstić information content (AvgIpc) is 3.06. The third kappa shape index (κ3) is 24.1. The second kappa shape index (κ2) is 29.6. The van der Waals surface area contributed by atoms with E-state index >= 15 is 0 Å². The molecule has 1 unspecified atom stereocenters. The predicted octanol–water partition coefficient (Wildman–Crippen LogP) is -1.80. The Bertz CT molecular complexity index is 988. The Morgan fingerprint density at radius 3 is 1.62 bits per heavy atom. The molecule has 0 aromatic heterocycles. The zero-order chi connectivity index (χ0) is 37.7. The standard InChI is InChI=1S/C31H55N5O12.CH4O/c1-25(2)27(38)5-17-46-19-21-48-22-20-47-18-6-32-28(39)4-3-26(31(44)45)36-13-11-33(15-16-37)7-8-34(23-29(40)41)9-10-35(12-14-36)24-30(42)43;1-2/h16,25-26H,3-15,17-24H2,1-2H3,(H,32,39)(H,40,41)(H,42,43)(H,44,45);2H,1H3. The maximum absolute atomic E-state index is 12.5. The van der Waals surface area contributed by atoms with Gasteiger partial charge in [0, 0.05) is 84.8 Å². The van der Waals surface area contributed by atoms with Crippen LogP contribution in [0.1, 0.15) is 33.1 Å². The van der Waals surface area contributed by atoms with E-state index in [2.05, 4.69) is 5.32 Å². The van der Waals surface area contributed by atoms with Crippen molar-refractivity contribution in [3.63, 3.8) is 0 Å². The second-order valence-electron chi connectivity index (χ2n) is 11.8. The topological polar surface area (TPSA) is 236 Å². The van der Waals surface area contributed by atoms with E-state index in [4.69, 9.17) is 19.3 Å². The van der Waals surface area contributed by atoms with Crippen molar-refractivity contribution in [2.75, 3.05) is 125 Å². The van der Waals surface area contributed by atoms with Crippen molar-refractivity contribution in [2.24, 2.45) is 5.92 Å². The van der Waals surface area contributed by atoms with Crippen LogP contribution in [0, 0.1) is 5.92 Å². The van der Waals surface area contributed by atoms with Crippen LogP contribution < -0.4 is 5.32 Å². The van der Waals surface area contributed by atoms with E-state index in [0.717, 1.165) is 13.4 Å². The molecule has 0 aromatic carbocycles. The number of aliphatic carboxylic acids is 3. The lowest BCUT2D eigenvalue weighted by atomic mass is 10.1. The number of aliphatic hydroxyl groups excluding tert-OH is 1. The Balaban J connectivity index is 0.0000118. The third-order valence-corrected chi connectivity index (χ3v) is 7.74. The van der Waals surface area contributed by atoms with Crippen LogP contribution in [0.2, 0.25) is 0 Å². The second-order valence-corrected chi connectivity index (χ2v) is 11.8. The van der Waals surface area contributed by atoms with Gasteiger partial charge in [-0.3, -0.25) is 43.6 Å². The van der Waals surface area contributed by atoms with E-state index in [0.29, 0.717) is 59.1 Å². The summed E-state index contributed by atoms with van der Waals surface area (Å²) in [6, 6.07) is -1.03. The molecule has 0 radical (unpaired) electrons. The lowest BCUT2D eigenvalue weighted by Gasteiger charge is -2.35. The number of hydrogen-bond acceptors (Lipinski definition) is 14. The number of ether oxygens (including phenoxy) is 3. The van der Waals surface area contributed by atoms with Gasteiger partial charge < -0.3 is 44.7 Å². The van der Waals surface area contributed by atoms with Crippen molar-refractivity contribution in [3.05, 3.63) is 0 Å². The summed E-state index contributed by atoms with van der Waals surface area (Å²) in [5.74, 6) is -3.37. The molecule has 0 saturated carbocycles. The van der Waals surface area contributed by atoms with Gasteiger partial charge in [0.15, 0.2) is 0 Å².